The number of alkyl halides is 3. The second-order valence-electron chi connectivity index (χ2n) is 4.60. The lowest BCUT2D eigenvalue weighted by atomic mass is 10.1. The first kappa shape index (κ1) is 17.2. The van der Waals surface area contributed by atoms with E-state index in [0.717, 1.165) is 12.3 Å². The lowest BCUT2D eigenvalue weighted by molar-refractivity contribution is -0.137. The molecule has 0 radical (unpaired) electrons. The number of para-hydroxylation sites is 1. The summed E-state index contributed by atoms with van der Waals surface area (Å²) in [5.74, 6) is -2.08. The molecule has 0 saturated carbocycles. The molecule has 0 saturated heterocycles. The summed E-state index contributed by atoms with van der Waals surface area (Å²) in [5, 5.41) is 5.71. The fourth-order valence-electron chi connectivity index (χ4n) is 1.79. The molecule has 0 aliphatic carbocycles. The first-order valence-electron chi connectivity index (χ1n) is 6.73. The summed E-state index contributed by atoms with van der Waals surface area (Å²) in [6.07, 6.45) is -3.71. The Labute approximate surface area is 135 Å². The molecule has 2 amide bonds. The van der Waals surface area contributed by atoms with E-state index in [4.69, 9.17) is 0 Å². The number of amides is 2. The van der Waals surface area contributed by atoms with Crippen molar-refractivity contribution in [1.29, 1.82) is 0 Å². The van der Waals surface area contributed by atoms with Crippen molar-refractivity contribution < 1.29 is 22.8 Å². The Balaban J connectivity index is 1.99. The fourth-order valence-corrected chi connectivity index (χ4v) is 1.79. The van der Waals surface area contributed by atoms with Crippen LogP contribution >= 0.6 is 0 Å². The van der Waals surface area contributed by atoms with Gasteiger partial charge in [0.2, 0.25) is 0 Å². The minimum absolute atomic E-state index is 0.228. The van der Waals surface area contributed by atoms with Gasteiger partial charge in [-0.3, -0.25) is 9.59 Å². The van der Waals surface area contributed by atoms with Gasteiger partial charge in [0.05, 0.1) is 11.8 Å². The lowest BCUT2D eigenvalue weighted by Crippen LogP contribution is -2.32. The number of nitrogens with one attached hydrogen (secondary N) is 2. The van der Waals surface area contributed by atoms with Crippen LogP contribution in [0.25, 0.3) is 0 Å². The van der Waals surface area contributed by atoms with Crippen molar-refractivity contribution in [3.05, 3.63) is 65.7 Å². The third kappa shape index (κ3) is 4.67. The molecule has 0 unspecified atom stereocenters. The number of nitrogens with zero attached hydrogens (tertiary/aromatic N) is 1. The van der Waals surface area contributed by atoms with Crippen molar-refractivity contribution in [2.24, 2.45) is 5.10 Å². The highest BCUT2D eigenvalue weighted by atomic mass is 19.4. The van der Waals surface area contributed by atoms with Crippen LogP contribution in [-0.4, -0.2) is 18.0 Å². The standard InChI is InChI=1S/C16H12F3N3O2/c17-16(18,19)13-9-5-4-6-11(13)10-20-22-15(24)14(23)21-12-7-2-1-3-8-12/h1-10H,(H,21,23)(H,22,24). The molecule has 8 heteroatoms. The highest BCUT2D eigenvalue weighted by molar-refractivity contribution is 6.39. The smallest absolute Gasteiger partial charge is 0.318 e. The predicted octanol–water partition coefficient (Wildman–Crippen LogP) is 2.79. The zero-order valence-corrected chi connectivity index (χ0v) is 12.2. The summed E-state index contributed by atoms with van der Waals surface area (Å²) in [5.41, 5.74) is 1.17. The number of benzene rings is 2. The van der Waals surface area contributed by atoms with Gasteiger partial charge >= 0.3 is 18.0 Å². The molecule has 0 bridgehead atoms. The number of anilines is 1. The second-order valence-corrected chi connectivity index (χ2v) is 4.60. The van der Waals surface area contributed by atoms with Crippen molar-refractivity contribution >= 4 is 23.7 Å². The summed E-state index contributed by atoms with van der Waals surface area (Å²) in [6, 6.07) is 13.0. The van der Waals surface area contributed by atoms with E-state index in [1.807, 2.05) is 5.43 Å². The van der Waals surface area contributed by atoms with Crippen molar-refractivity contribution in [3.63, 3.8) is 0 Å². The molecule has 0 spiro atoms. The van der Waals surface area contributed by atoms with Gasteiger partial charge < -0.3 is 5.32 Å². The molecule has 2 aromatic carbocycles. The quantitative estimate of drug-likeness (QED) is 0.514. The highest BCUT2D eigenvalue weighted by Crippen LogP contribution is 2.30. The molecule has 0 fully saturated rings. The zero-order chi connectivity index (χ0) is 17.6. The lowest BCUT2D eigenvalue weighted by Gasteiger charge is -2.09. The van der Waals surface area contributed by atoms with E-state index in [1.54, 1.807) is 30.3 Å². The van der Waals surface area contributed by atoms with Crippen LogP contribution in [0.3, 0.4) is 0 Å². The monoisotopic (exact) mass is 335 g/mol. The van der Waals surface area contributed by atoms with Gasteiger partial charge in [0.1, 0.15) is 0 Å². The third-order valence-corrected chi connectivity index (χ3v) is 2.87. The van der Waals surface area contributed by atoms with Crippen LogP contribution in [0.2, 0.25) is 0 Å². The first-order chi connectivity index (χ1) is 11.4. The second kappa shape index (κ2) is 7.40. The molecule has 0 aliphatic rings. The molecular weight excluding hydrogens is 323 g/mol. The van der Waals surface area contributed by atoms with Gasteiger partial charge in [0.15, 0.2) is 0 Å². The van der Waals surface area contributed by atoms with E-state index < -0.39 is 23.6 Å². The fraction of sp³-hybridized carbons (Fsp3) is 0.0625. The Kier molecular flexibility index (Phi) is 5.31. The summed E-state index contributed by atoms with van der Waals surface area (Å²) >= 11 is 0. The van der Waals surface area contributed by atoms with Gasteiger partial charge in [-0.2, -0.15) is 18.3 Å². The number of hydrogen-bond donors (Lipinski definition) is 2. The maximum absolute atomic E-state index is 12.8. The molecule has 2 N–H and O–H groups in total. The van der Waals surface area contributed by atoms with E-state index in [0.29, 0.717) is 5.69 Å². The van der Waals surface area contributed by atoms with Crippen molar-refractivity contribution in [1.82, 2.24) is 5.43 Å². The maximum Gasteiger partial charge on any atom is 0.417 e. The van der Waals surface area contributed by atoms with Gasteiger partial charge in [0.25, 0.3) is 0 Å². The average Bonchev–Trinajstić information content (AvgIpc) is 2.55. The maximum atomic E-state index is 12.8. The molecule has 0 aromatic heterocycles. The van der Waals surface area contributed by atoms with Crippen molar-refractivity contribution in [3.8, 4) is 0 Å². The van der Waals surface area contributed by atoms with Gasteiger partial charge in [-0.15, -0.1) is 0 Å². The van der Waals surface area contributed by atoms with E-state index in [9.17, 15) is 22.8 Å². The minimum atomic E-state index is -4.54. The Morgan fingerprint density at radius 3 is 2.21 bits per heavy atom. The molecule has 2 aromatic rings. The van der Waals surface area contributed by atoms with E-state index in [2.05, 4.69) is 10.4 Å². The Hall–Kier alpha value is -3.16. The normalized spacial score (nSPS) is 11.3. The Morgan fingerprint density at radius 2 is 1.54 bits per heavy atom. The summed E-state index contributed by atoms with van der Waals surface area (Å²) in [4.78, 5) is 23.2. The molecule has 24 heavy (non-hydrogen) atoms. The summed E-state index contributed by atoms with van der Waals surface area (Å²) < 4.78 is 38.4. The molecule has 124 valence electrons. The number of halogens is 3. The molecule has 5 nitrogen and oxygen atoms in total. The zero-order valence-electron chi connectivity index (χ0n) is 12.2. The number of carbonyl (C=O) groups is 2. The number of hydrogen-bond acceptors (Lipinski definition) is 3. The van der Waals surface area contributed by atoms with Crippen LogP contribution in [0.1, 0.15) is 11.1 Å². The van der Waals surface area contributed by atoms with Crippen LogP contribution < -0.4 is 10.7 Å². The Bertz CT molecular complexity index is 759. The molecule has 2 rings (SSSR count). The molecule has 0 heterocycles. The van der Waals surface area contributed by atoms with Gasteiger partial charge in [-0.25, -0.2) is 5.43 Å². The first-order valence-corrected chi connectivity index (χ1v) is 6.73. The number of hydrazone groups is 1. The Morgan fingerprint density at radius 1 is 0.917 bits per heavy atom. The van der Waals surface area contributed by atoms with E-state index in [-0.39, 0.29) is 5.56 Å². The summed E-state index contributed by atoms with van der Waals surface area (Å²) in [7, 11) is 0. The number of rotatable bonds is 3. The largest absolute Gasteiger partial charge is 0.417 e. The van der Waals surface area contributed by atoms with Crippen LogP contribution in [0.4, 0.5) is 18.9 Å². The number of carbonyl (C=O) groups excluding carboxylic acids is 2. The van der Waals surface area contributed by atoms with E-state index >= 15 is 0 Å². The molecule has 0 aliphatic heterocycles. The third-order valence-electron chi connectivity index (χ3n) is 2.87. The average molecular weight is 335 g/mol. The van der Waals surface area contributed by atoms with Gasteiger partial charge in [-0.05, 0) is 18.2 Å². The van der Waals surface area contributed by atoms with E-state index in [1.165, 1.54) is 18.2 Å². The van der Waals surface area contributed by atoms with Gasteiger partial charge in [-0.1, -0.05) is 36.4 Å². The highest BCUT2D eigenvalue weighted by Gasteiger charge is 2.32. The van der Waals surface area contributed by atoms with Crippen LogP contribution in [0, 0.1) is 0 Å². The summed E-state index contributed by atoms with van der Waals surface area (Å²) in [6.45, 7) is 0. The minimum Gasteiger partial charge on any atom is -0.318 e. The predicted molar refractivity (Wildman–Crippen MR) is 82.3 cm³/mol. The van der Waals surface area contributed by atoms with Gasteiger partial charge in [0, 0.05) is 11.3 Å². The van der Waals surface area contributed by atoms with Crippen LogP contribution in [0.15, 0.2) is 59.7 Å². The van der Waals surface area contributed by atoms with Crippen molar-refractivity contribution in [2.75, 3.05) is 5.32 Å². The SMILES string of the molecule is O=C(NN=Cc1ccccc1C(F)(F)F)C(=O)Nc1ccccc1. The van der Waals surface area contributed by atoms with Crippen molar-refractivity contribution in [2.45, 2.75) is 6.18 Å². The van der Waals surface area contributed by atoms with Crippen LogP contribution in [-0.2, 0) is 15.8 Å². The molecule has 0 atom stereocenters. The van der Waals surface area contributed by atoms with Crippen LogP contribution in [0.5, 0.6) is 0 Å². The molecular formula is C16H12F3N3O2. The topological polar surface area (TPSA) is 70.6 Å².